The molecule has 1 fully saturated rings. The van der Waals surface area contributed by atoms with E-state index < -0.39 is 4.92 Å². The second-order valence-electron chi connectivity index (χ2n) is 4.87. The summed E-state index contributed by atoms with van der Waals surface area (Å²) in [6, 6.07) is 0.0625. The molecule has 17 heavy (non-hydrogen) atoms. The third-order valence-electron chi connectivity index (χ3n) is 3.03. The summed E-state index contributed by atoms with van der Waals surface area (Å²) in [6.07, 6.45) is 2.72. The van der Waals surface area contributed by atoms with Crippen LogP contribution in [0.25, 0.3) is 0 Å². The van der Waals surface area contributed by atoms with Crippen LogP contribution in [-0.4, -0.2) is 26.9 Å². The molecule has 7 nitrogen and oxygen atoms in total. The van der Waals surface area contributed by atoms with E-state index in [4.69, 9.17) is 10.5 Å². The minimum Gasteiger partial charge on any atom is -0.378 e. The molecule has 0 radical (unpaired) electrons. The first kappa shape index (κ1) is 11.8. The molecule has 0 amide bonds. The number of anilines is 1. The second-order valence-corrected chi connectivity index (χ2v) is 4.87. The molecule has 0 bridgehead atoms. The van der Waals surface area contributed by atoms with Crippen molar-refractivity contribution in [2.24, 2.45) is 0 Å². The number of ether oxygens (including phenoxy) is 1. The Bertz CT molecular complexity index is 441. The molecule has 94 valence electrons. The molecule has 1 aromatic heterocycles. The highest BCUT2D eigenvalue weighted by molar-refractivity contribution is 5.51. The molecule has 1 atom stereocenters. The molecule has 0 aliphatic carbocycles. The lowest BCUT2D eigenvalue weighted by molar-refractivity contribution is -0.384. The number of hydrogen-bond donors (Lipinski definition) is 1. The quantitative estimate of drug-likeness (QED) is 0.624. The predicted octanol–water partition coefficient (Wildman–Crippen LogP) is 1.50. The van der Waals surface area contributed by atoms with Crippen LogP contribution < -0.4 is 5.73 Å². The topological polar surface area (TPSA) is 96.2 Å². The van der Waals surface area contributed by atoms with E-state index >= 15 is 0 Å². The number of nitrogens with two attached hydrogens (primary N) is 1. The Labute approximate surface area is 98.7 Å². The van der Waals surface area contributed by atoms with E-state index in [1.807, 2.05) is 13.8 Å². The normalized spacial score (nSPS) is 23.5. The second kappa shape index (κ2) is 3.99. The average molecular weight is 240 g/mol. The van der Waals surface area contributed by atoms with Crippen molar-refractivity contribution in [3.8, 4) is 0 Å². The van der Waals surface area contributed by atoms with Gasteiger partial charge in [-0.15, -0.1) is 0 Å². The minimum atomic E-state index is -0.511. The van der Waals surface area contributed by atoms with Gasteiger partial charge in [-0.25, -0.2) is 4.68 Å². The van der Waals surface area contributed by atoms with Crippen LogP contribution >= 0.6 is 0 Å². The van der Waals surface area contributed by atoms with Crippen LogP contribution in [0.3, 0.4) is 0 Å². The number of nitrogen functional groups attached to an aromatic ring is 1. The standard InChI is InChI=1S/C10H16N4O3/c1-10(2)5-7(3-4-17-10)13-9(11)8(6-12-13)14(15)16/h6-7H,3-5,11H2,1-2H3. The van der Waals surface area contributed by atoms with Gasteiger partial charge in [-0.05, 0) is 26.7 Å². The molecule has 2 rings (SSSR count). The summed E-state index contributed by atoms with van der Waals surface area (Å²) >= 11 is 0. The first-order valence-electron chi connectivity index (χ1n) is 5.52. The Morgan fingerprint density at radius 1 is 1.71 bits per heavy atom. The smallest absolute Gasteiger partial charge is 0.330 e. The van der Waals surface area contributed by atoms with Gasteiger partial charge in [0.05, 0.1) is 16.6 Å². The van der Waals surface area contributed by atoms with Crippen molar-refractivity contribution >= 4 is 11.5 Å². The van der Waals surface area contributed by atoms with Crippen LogP contribution in [0.1, 0.15) is 32.7 Å². The van der Waals surface area contributed by atoms with Crippen LogP contribution in [0.5, 0.6) is 0 Å². The summed E-state index contributed by atoms with van der Waals surface area (Å²) in [4.78, 5) is 10.2. The summed E-state index contributed by atoms with van der Waals surface area (Å²) in [5, 5.41) is 14.7. The molecule has 2 heterocycles. The van der Waals surface area contributed by atoms with E-state index in [9.17, 15) is 10.1 Å². The number of aromatic nitrogens is 2. The molecule has 1 aliphatic heterocycles. The highest BCUT2D eigenvalue weighted by Gasteiger charge is 2.32. The average Bonchev–Trinajstić information content (AvgIpc) is 2.58. The molecule has 1 aliphatic rings. The first-order chi connectivity index (χ1) is 7.91. The largest absolute Gasteiger partial charge is 0.378 e. The molecule has 1 saturated heterocycles. The molecule has 1 aromatic rings. The molecular weight excluding hydrogens is 224 g/mol. The summed E-state index contributed by atoms with van der Waals surface area (Å²) in [5.74, 6) is 0.123. The molecule has 0 aromatic carbocycles. The maximum Gasteiger partial charge on any atom is 0.330 e. The van der Waals surface area contributed by atoms with Gasteiger partial charge in [0.15, 0.2) is 0 Å². The molecular formula is C10H16N4O3. The Hall–Kier alpha value is -1.63. The fraction of sp³-hybridized carbons (Fsp3) is 0.700. The van der Waals surface area contributed by atoms with Crippen molar-refractivity contribution in [1.82, 2.24) is 9.78 Å². The molecule has 0 saturated carbocycles. The SMILES string of the molecule is CC1(C)CC(n2ncc([N+](=O)[O-])c2N)CCO1. The van der Waals surface area contributed by atoms with Crippen LogP contribution in [0.4, 0.5) is 11.5 Å². The number of hydrogen-bond acceptors (Lipinski definition) is 5. The maximum atomic E-state index is 10.7. The van der Waals surface area contributed by atoms with E-state index in [2.05, 4.69) is 5.10 Å². The zero-order valence-electron chi connectivity index (χ0n) is 9.92. The molecule has 0 spiro atoms. The van der Waals surface area contributed by atoms with Gasteiger partial charge in [-0.3, -0.25) is 10.1 Å². The Balaban J connectivity index is 2.25. The van der Waals surface area contributed by atoms with Gasteiger partial charge in [0.25, 0.3) is 0 Å². The van der Waals surface area contributed by atoms with Crippen LogP contribution in [0.15, 0.2) is 6.20 Å². The highest BCUT2D eigenvalue weighted by Crippen LogP contribution is 2.34. The van der Waals surface area contributed by atoms with Crippen molar-refractivity contribution in [2.75, 3.05) is 12.3 Å². The summed E-state index contributed by atoms with van der Waals surface area (Å²) in [7, 11) is 0. The summed E-state index contributed by atoms with van der Waals surface area (Å²) in [6.45, 7) is 4.60. The third kappa shape index (κ3) is 2.23. The number of nitro groups is 1. The highest BCUT2D eigenvalue weighted by atomic mass is 16.6. The van der Waals surface area contributed by atoms with Crippen molar-refractivity contribution in [3.63, 3.8) is 0 Å². The lowest BCUT2D eigenvalue weighted by atomic mass is 9.94. The Kier molecular flexibility index (Phi) is 2.78. The van der Waals surface area contributed by atoms with Gasteiger partial charge in [-0.1, -0.05) is 0 Å². The molecule has 1 unspecified atom stereocenters. The summed E-state index contributed by atoms with van der Waals surface area (Å²) < 4.78 is 7.14. The lowest BCUT2D eigenvalue weighted by Gasteiger charge is -2.35. The van der Waals surface area contributed by atoms with Crippen LogP contribution in [-0.2, 0) is 4.74 Å². The van der Waals surface area contributed by atoms with Crippen molar-refractivity contribution in [1.29, 1.82) is 0 Å². The fourth-order valence-corrected chi connectivity index (χ4v) is 2.20. The van der Waals surface area contributed by atoms with Gasteiger partial charge >= 0.3 is 5.69 Å². The van der Waals surface area contributed by atoms with Gasteiger partial charge in [0.1, 0.15) is 6.20 Å². The Morgan fingerprint density at radius 3 is 2.94 bits per heavy atom. The number of nitrogens with zero attached hydrogens (tertiary/aromatic N) is 3. The zero-order valence-corrected chi connectivity index (χ0v) is 9.92. The van der Waals surface area contributed by atoms with Crippen LogP contribution in [0, 0.1) is 10.1 Å². The van der Waals surface area contributed by atoms with E-state index in [0.717, 1.165) is 12.8 Å². The monoisotopic (exact) mass is 240 g/mol. The van der Waals surface area contributed by atoms with Gasteiger partial charge in [0.2, 0.25) is 5.82 Å². The van der Waals surface area contributed by atoms with Crippen molar-refractivity contribution < 1.29 is 9.66 Å². The van der Waals surface area contributed by atoms with Crippen molar-refractivity contribution in [3.05, 3.63) is 16.3 Å². The number of rotatable bonds is 2. The predicted molar refractivity (Wildman–Crippen MR) is 61.6 cm³/mol. The zero-order chi connectivity index (χ0) is 12.6. The van der Waals surface area contributed by atoms with E-state index in [0.29, 0.717) is 6.61 Å². The summed E-state index contributed by atoms with van der Waals surface area (Å²) in [5.41, 5.74) is 5.37. The van der Waals surface area contributed by atoms with Crippen molar-refractivity contribution in [2.45, 2.75) is 38.3 Å². The molecule has 7 heteroatoms. The lowest BCUT2D eigenvalue weighted by Crippen LogP contribution is -2.35. The van der Waals surface area contributed by atoms with Gasteiger partial charge in [0, 0.05) is 6.61 Å². The van der Waals surface area contributed by atoms with E-state index in [1.165, 1.54) is 6.20 Å². The third-order valence-corrected chi connectivity index (χ3v) is 3.03. The fourth-order valence-electron chi connectivity index (χ4n) is 2.20. The van der Waals surface area contributed by atoms with E-state index in [1.54, 1.807) is 4.68 Å². The first-order valence-corrected chi connectivity index (χ1v) is 5.52. The van der Waals surface area contributed by atoms with Gasteiger partial charge in [-0.2, -0.15) is 5.10 Å². The molecule has 2 N–H and O–H groups in total. The maximum absolute atomic E-state index is 10.7. The van der Waals surface area contributed by atoms with E-state index in [-0.39, 0.29) is 23.1 Å². The van der Waals surface area contributed by atoms with Crippen LogP contribution in [0.2, 0.25) is 0 Å². The Morgan fingerprint density at radius 2 is 2.41 bits per heavy atom. The minimum absolute atomic E-state index is 0.0625. The van der Waals surface area contributed by atoms with Gasteiger partial charge < -0.3 is 10.5 Å².